The van der Waals surface area contributed by atoms with Crippen molar-refractivity contribution in [1.29, 1.82) is 0 Å². The van der Waals surface area contributed by atoms with Crippen LogP contribution < -0.4 is 14.8 Å². The average Bonchev–Trinajstić information content (AvgIpc) is 2.94. The molecule has 0 aliphatic rings. The van der Waals surface area contributed by atoms with Crippen molar-refractivity contribution in [2.24, 2.45) is 0 Å². The summed E-state index contributed by atoms with van der Waals surface area (Å²) in [5, 5.41) is 3.32. The fourth-order valence-electron chi connectivity index (χ4n) is 1.84. The van der Waals surface area contributed by atoms with E-state index >= 15 is 0 Å². The fraction of sp³-hybridized carbons (Fsp3) is 0.333. The highest BCUT2D eigenvalue weighted by Crippen LogP contribution is 2.27. The van der Waals surface area contributed by atoms with E-state index in [9.17, 15) is 0 Å². The first-order valence-electron chi connectivity index (χ1n) is 6.36. The summed E-state index contributed by atoms with van der Waals surface area (Å²) in [5.41, 5.74) is 1.15. The van der Waals surface area contributed by atoms with E-state index in [-0.39, 0.29) is 12.4 Å². The van der Waals surface area contributed by atoms with Crippen molar-refractivity contribution in [3.05, 3.63) is 47.9 Å². The molecule has 20 heavy (non-hydrogen) atoms. The zero-order valence-corrected chi connectivity index (χ0v) is 12.5. The van der Waals surface area contributed by atoms with Gasteiger partial charge in [0.15, 0.2) is 11.5 Å². The van der Waals surface area contributed by atoms with Gasteiger partial charge in [0.25, 0.3) is 0 Å². The van der Waals surface area contributed by atoms with Crippen LogP contribution in [-0.2, 0) is 13.1 Å². The third-order valence-electron chi connectivity index (χ3n) is 2.74. The summed E-state index contributed by atoms with van der Waals surface area (Å²) in [7, 11) is 1.65. The highest BCUT2D eigenvalue weighted by molar-refractivity contribution is 5.85. The number of hydrogen-bond acceptors (Lipinski definition) is 4. The normalized spacial score (nSPS) is 9.90. The Morgan fingerprint density at radius 1 is 1.15 bits per heavy atom. The smallest absolute Gasteiger partial charge is 0.161 e. The molecule has 1 N–H and O–H groups in total. The molecule has 0 saturated carbocycles. The number of rotatable bonds is 7. The number of methoxy groups -OCH3 is 1. The van der Waals surface area contributed by atoms with Crippen LogP contribution in [-0.4, -0.2) is 13.7 Å². The first kappa shape index (κ1) is 16.4. The van der Waals surface area contributed by atoms with Gasteiger partial charge in [0.1, 0.15) is 5.76 Å². The van der Waals surface area contributed by atoms with Crippen molar-refractivity contribution in [3.8, 4) is 11.5 Å². The predicted octanol–water partition coefficient (Wildman–Crippen LogP) is 3.40. The molecule has 0 aliphatic carbocycles. The second-order valence-corrected chi connectivity index (χ2v) is 4.10. The van der Waals surface area contributed by atoms with Gasteiger partial charge < -0.3 is 19.2 Å². The van der Waals surface area contributed by atoms with E-state index in [0.29, 0.717) is 13.2 Å². The predicted molar refractivity (Wildman–Crippen MR) is 80.7 cm³/mol. The number of hydrogen-bond donors (Lipinski definition) is 1. The third-order valence-corrected chi connectivity index (χ3v) is 2.74. The van der Waals surface area contributed by atoms with Gasteiger partial charge in [-0.3, -0.25) is 0 Å². The van der Waals surface area contributed by atoms with Crippen molar-refractivity contribution < 1.29 is 13.9 Å². The Morgan fingerprint density at radius 3 is 2.65 bits per heavy atom. The van der Waals surface area contributed by atoms with E-state index in [4.69, 9.17) is 13.9 Å². The summed E-state index contributed by atoms with van der Waals surface area (Å²) in [6.45, 7) is 4.05. The fourth-order valence-corrected chi connectivity index (χ4v) is 1.84. The van der Waals surface area contributed by atoms with Crippen LogP contribution in [0.4, 0.5) is 0 Å². The quantitative estimate of drug-likeness (QED) is 0.850. The Balaban J connectivity index is 0.00000200. The SMILES string of the molecule is CCOc1ccc(CNCc2ccco2)cc1OC.Cl. The van der Waals surface area contributed by atoms with Crippen LogP contribution in [0.1, 0.15) is 18.2 Å². The third kappa shape index (κ3) is 4.47. The minimum atomic E-state index is 0. The minimum Gasteiger partial charge on any atom is -0.493 e. The Hall–Kier alpha value is -1.65. The maximum Gasteiger partial charge on any atom is 0.161 e. The maximum absolute atomic E-state index is 5.49. The van der Waals surface area contributed by atoms with E-state index in [1.807, 2.05) is 37.3 Å². The molecule has 2 rings (SSSR count). The Morgan fingerprint density at radius 2 is 2.00 bits per heavy atom. The largest absolute Gasteiger partial charge is 0.493 e. The van der Waals surface area contributed by atoms with Gasteiger partial charge in [-0.15, -0.1) is 12.4 Å². The summed E-state index contributed by atoms with van der Waals surface area (Å²) < 4.78 is 16.1. The summed E-state index contributed by atoms with van der Waals surface area (Å²) in [6.07, 6.45) is 1.68. The van der Waals surface area contributed by atoms with Gasteiger partial charge in [-0.25, -0.2) is 0 Å². The number of furan rings is 1. The molecule has 4 nitrogen and oxygen atoms in total. The number of nitrogens with one attached hydrogen (secondary N) is 1. The van der Waals surface area contributed by atoms with Crippen LogP contribution in [0.25, 0.3) is 0 Å². The Bertz CT molecular complexity index is 500. The van der Waals surface area contributed by atoms with Crippen LogP contribution in [0.2, 0.25) is 0 Å². The average molecular weight is 298 g/mol. The van der Waals surface area contributed by atoms with E-state index in [2.05, 4.69) is 5.32 Å². The van der Waals surface area contributed by atoms with Crippen LogP contribution >= 0.6 is 12.4 Å². The lowest BCUT2D eigenvalue weighted by Crippen LogP contribution is -2.12. The van der Waals surface area contributed by atoms with Crippen LogP contribution in [0, 0.1) is 0 Å². The topological polar surface area (TPSA) is 43.6 Å². The molecule has 0 aliphatic heterocycles. The summed E-state index contributed by atoms with van der Waals surface area (Å²) >= 11 is 0. The lowest BCUT2D eigenvalue weighted by molar-refractivity contribution is 0.310. The minimum absolute atomic E-state index is 0. The molecule has 0 bridgehead atoms. The standard InChI is InChI=1S/C15H19NO3.ClH/c1-3-18-14-7-6-12(9-15(14)17-2)10-16-11-13-5-4-8-19-13;/h4-9,16H,3,10-11H2,1-2H3;1H. The first-order chi connectivity index (χ1) is 9.33. The van der Waals surface area contributed by atoms with Gasteiger partial charge in [0.2, 0.25) is 0 Å². The molecule has 0 spiro atoms. The number of ether oxygens (including phenoxy) is 2. The molecule has 0 saturated heterocycles. The highest BCUT2D eigenvalue weighted by atomic mass is 35.5. The van der Waals surface area contributed by atoms with Gasteiger partial charge in [0, 0.05) is 6.54 Å². The molecular weight excluding hydrogens is 278 g/mol. The van der Waals surface area contributed by atoms with Gasteiger partial charge in [-0.1, -0.05) is 6.07 Å². The van der Waals surface area contributed by atoms with Crippen molar-refractivity contribution >= 4 is 12.4 Å². The molecule has 1 aromatic carbocycles. The lowest BCUT2D eigenvalue weighted by Gasteiger charge is -2.11. The summed E-state index contributed by atoms with van der Waals surface area (Å²) in [5.74, 6) is 2.47. The van der Waals surface area contributed by atoms with Gasteiger partial charge >= 0.3 is 0 Å². The lowest BCUT2D eigenvalue weighted by atomic mass is 10.2. The molecule has 0 amide bonds. The molecule has 1 heterocycles. The van der Waals surface area contributed by atoms with Gasteiger partial charge in [-0.2, -0.15) is 0 Å². The molecule has 0 atom stereocenters. The second kappa shape index (κ2) is 8.51. The summed E-state index contributed by atoms with van der Waals surface area (Å²) in [6, 6.07) is 9.79. The van der Waals surface area contributed by atoms with E-state index in [1.165, 1.54) is 0 Å². The maximum atomic E-state index is 5.49. The van der Waals surface area contributed by atoms with Gasteiger partial charge in [0.05, 0.1) is 26.5 Å². The molecule has 1 aromatic heterocycles. The monoisotopic (exact) mass is 297 g/mol. The first-order valence-corrected chi connectivity index (χ1v) is 6.36. The highest BCUT2D eigenvalue weighted by Gasteiger charge is 2.05. The van der Waals surface area contributed by atoms with E-state index < -0.39 is 0 Å². The molecule has 110 valence electrons. The molecule has 0 fully saturated rings. The van der Waals surface area contributed by atoms with E-state index in [0.717, 1.165) is 29.4 Å². The zero-order valence-electron chi connectivity index (χ0n) is 11.7. The van der Waals surface area contributed by atoms with Crippen molar-refractivity contribution in [1.82, 2.24) is 5.32 Å². The molecule has 0 radical (unpaired) electrons. The Kier molecular flexibility index (Phi) is 6.98. The van der Waals surface area contributed by atoms with Crippen molar-refractivity contribution in [2.45, 2.75) is 20.0 Å². The van der Waals surface area contributed by atoms with Crippen LogP contribution in [0.3, 0.4) is 0 Å². The van der Waals surface area contributed by atoms with Crippen LogP contribution in [0.15, 0.2) is 41.0 Å². The van der Waals surface area contributed by atoms with E-state index in [1.54, 1.807) is 13.4 Å². The molecule has 2 aromatic rings. The second-order valence-electron chi connectivity index (χ2n) is 4.10. The van der Waals surface area contributed by atoms with Crippen LogP contribution in [0.5, 0.6) is 11.5 Å². The van der Waals surface area contributed by atoms with Gasteiger partial charge in [-0.05, 0) is 36.8 Å². The molecule has 0 unspecified atom stereocenters. The Labute approximate surface area is 125 Å². The zero-order chi connectivity index (χ0) is 13.5. The number of benzene rings is 1. The number of halogens is 1. The summed E-state index contributed by atoms with van der Waals surface area (Å²) in [4.78, 5) is 0. The molecule has 5 heteroatoms. The molecular formula is C15H20ClNO3. The van der Waals surface area contributed by atoms with Crippen molar-refractivity contribution in [2.75, 3.05) is 13.7 Å². The van der Waals surface area contributed by atoms with Crippen molar-refractivity contribution in [3.63, 3.8) is 0 Å².